The van der Waals surface area contributed by atoms with Crippen LogP contribution in [0.4, 0.5) is 0 Å². The van der Waals surface area contributed by atoms with Crippen molar-refractivity contribution in [3.05, 3.63) is 35.5 Å². The zero-order chi connectivity index (χ0) is 17.2. The summed E-state index contributed by atoms with van der Waals surface area (Å²) in [6, 6.07) is 3.64. The van der Waals surface area contributed by atoms with Gasteiger partial charge in [-0.25, -0.2) is 15.0 Å². The lowest BCUT2D eigenvalue weighted by Gasteiger charge is -2.34. The van der Waals surface area contributed by atoms with E-state index in [1.54, 1.807) is 22.1 Å². The van der Waals surface area contributed by atoms with Gasteiger partial charge in [0.1, 0.15) is 22.5 Å². The lowest BCUT2D eigenvalue weighted by molar-refractivity contribution is -0.132. The van der Waals surface area contributed by atoms with E-state index in [1.165, 1.54) is 17.7 Å². The Hall–Kier alpha value is -2.88. The Kier molecular flexibility index (Phi) is 4.10. The van der Waals surface area contributed by atoms with Crippen LogP contribution < -0.4 is 0 Å². The maximum atomic E-state index is 12.6. The molecular weight excluding hydrogens is 342 g/mol. The molecule has 1 N–H and O–H groups in total. The third-order valence-electron chi connectivity index (χ3n) is 4.05. The highest BCUT2D eigenvalue weighted by Crippen LogP contribution is 2.21. The monoisotopic (exact) mass is 357 g/mol. The first-order valence-corrected chi connectivity index (χ1v) is 8.65. The first-order chi connectivity index (χ1) is 12.2. The molecule has 0 bridgehead atoms. The second-order valence-electron chi connectivity index (χ2n) is 5.63. The quantitative estimate of drug-likeness (QED) is 0.724. The number of pyridine rings is 1. The zero-order valence-electron chi connectivity index (χ0n) is 13.3. The Balaban J connectivity index is 1.37. The first-order valence-electron chi connectivity index (χ1n) is 7.83. The van der Waals surface area contributed by atoms with E-state index in [2.05, 4.69) is 25.1 Å². The molecule has 25 heavy (non-hydrogen) atoms. The Labute approximate surface area is 146 Å². The van der Waals surface area contributed by atoms with Gasteiger partial charge in [0.15, 0.2) is 5.01 Å². The maximum absolute atomic E-state index is 12.6. The summed E-state index contributed by atoms with van der Waals surface area (Å²) in [7, 11) is 0. The number of thiazole rings is 1. The van der Waals surface area contributed by atoms with Gasteiger partial charge in [0, 0.05) is 32.4 Å². The fraction of sp³-hybridized carbons (Fsp3) is 0.333. The molecule has 10 heteroatoms. The van der Waals surface area contributed by atoms with Gasteiger partial charge in [-0.2, -0.15) is 5.10 Å². The van der Waals surface area contributed by atoms with Crippen LogP contribution in [0, 0.1) is 0 Å². The molecule has 0 atom stereocenters. The van der Waals surface area contributed by atoms with E-state index in [0.717, 1.165) is 10.3 Å². The molecule has 4 rings (SSSR count). The second-order valence-corrected chi connectivity index (χ2v) is 6.61. The van der Waals surface area contributed by atoms with Gasteiger partial charge >= 0.3 is 0 Å². The first kappa shape index (κ1) is 15.6. The van der Waals surface area contributed by atoms with E-state index < -0.39 is 0 Å². The van der Waals surface area contributed by atoms with Gasteiger partial charge in [0.25, 0.3) is 5.91 Å². The SMILES string of the molecule is O=C(Cc1ncn[nH]1)N1CCN(C(=O)c2nc3cccnc3s2)CC1. The molecule has 0 saturated carbocycles. The van der Waals surface area contributed by atoms with Crippen molar-refractivity contribution in [3.8, 4) is 0 Å². The summed E-state index contributed by atoms with van der Waals surface area (Å²) in [5, 5.41) is 6.86. The summed E-state index contributed by atoms with van der Waals surface area (Å²) >= 11 is 1.30. The number of carbonyl (C=O) groups excluding carboxylic acids is 2. The fourth-order valence-electron chi connectivity index (χ4n) is 2.73. The smallest absolute Gasteiger partial charge is 0.283 e. The Bertz CT molecular complexity index is 867. The minimum absolute atomic E-state index is 0.0203. The number of hydrogen-bond donors (Lipinski definition) is 1. The van der Waals surface area contributed by atoms with Crippen molar-refractivity contribution in [2.24, 2.45) is 0 Å². The van der Waals surface area contributed by atoms with E-state index in [4.69, 9.17) is 0 Å². The average molecular weight is 357 g/mol. The molecule has 0 aromatic carbocycles. The summed E-state index contributed by atoms with van der Waals surface area (Å²) in [5.41, 5.74) is 0.733. The van der Waals surface area contributed by atoms with Gasteiger partial charge in [-0.05, 0) is 12.1 Å². The normalized spacial score (nSPS) is 14.9. The van der Waals surface area contributed by atoms with Gasteiger partial charge in [-0.3, -0.25) is 14.7 Å². The standard InChI is InChI=1S/C15H15N7O2S/c23-12(8-11-17-9-18-20-11)21-4-6-22(7-5-21)15(24)14-19-10-2-1-3-16-13(10)25-14/h1-3,9H,4-8H2,(H,17,18,20). The number of H-pyrrole nitrogens is 1. The molecule has 1 saturated heterocycles. The third-order valence-corrected chi connectivity index (χ3v) is 5.02. The van der Waals surface area contributed by atoms with Crippen LogP contribution in [-0.2, 0) is 11.2 Å². The molecule has 4 heterocycles. The molecule has 0 unspecified atom stereocenters. The van der Waals surface area contributed by atoms with Crippen molar-refractivity contribution >= 4 is 33.5 Å². The van der Waals surface area contributed by atoms with Crippen LogP contribution in [0.15, 0.2) is 24.7 Å². The van der Waals surface area contributed by atoms with Crippen LogP contribution >= 0.6 is 11.3 Å². The molecule has 9 nitrogen and oxygen atoms in total. The van der Waals surface area contributed by atoms with Crippen LogP contribution in [0.3, 0.4) is 0 Å². The number of nitrogens with one attached hydrogen (secondary N) is 1. The predicted molar refractivity (Wildman–Crippen MR) is 90.0 cm³/mol. The summed E-state index contributed by atoms with van der Waals surface area (Å²) in [5.74, 6) is 0.420. The molecule has 0 radical (unpaired) electrons. The molecule has 3 aromatic rings. The average Bonchev–Trinajstić information content (AvgIpc) is 3.30. The number of amides is 2. The summed E-state index contributed by atoms with van der Waals surface area (Å²) in [6.45, 7) is 1.98. The topological polar surface area (TPSA) is 108 Å². The number of aromatic amines is 1. The van der Waals surface area contributed by atoms with Crippen LogP contribution in [0.2, 0.25) is 0 Å². The maximum Gasteiger partial charge on any atom is 0.283 e. The number of aromatic nitrogens is 5. The van der Waals surface area contributed by atoms with Crippen molar-refractivity contribution in [1.29, 1.82) is 0 Å². The molecule has 3 aromatic heterocycles. The zero-order valence-corrected chi connectivity index (χ0v) is 14.1. The van der Waals surface area contributed by atoms with E-state index in [-0.39, 0.29) is 18.2 Å². The molecular formula is C15H15N7O2S. The Morgan fingerprint density at radius 1 is 1.16 bits per heavy atom. The molecule has 1 aliphatic heterocycles. The molecule has 1 fully saturated rings. The van der Waals surface area contributed by atoms with Crippen LogP contribution in [0.25, 0.3) is 10.3 Å². The lowest BCUT2D eigenvalue weighted by Crippen LogP contribution is -2.51. The fourth-order valence-corrected chi connectivity index (χ4v) is 3.60. The molecule has 128 valence electrons. The van der Waals surface area contributed by atoms with Gasteiger partial charge in [0.2, 0.25) is 5.91 Å². The number of carbonyl (C=O) groups is 2. The number of nitrogens with zero attached hydrogens (tertiary/aromatic N) is 6. The number of fused-ring (bicyclic) bond motifs is 1. The van der Waals surface area contributed by atoms with Crippen molar-refractivity contribution in [2.45, 2.75) is 6.42 Å². The van der Waals surface area contributed by atoms with Crippen LogP contribution in [0.5, 0.6) is 0 Å². The van der Waals surface area contributed by atoms with Crippen LogP contribution in [0.1, 0.15) is 15.6 Å². The molecule has 2 amide bonds. The Morgan fingerprint density at radius 2 is 1.96 bits per heavy atom. The van der Waals surface area contributed by atoms with E-state index >= 15 is 0 Å². The van der Waals surface area contributed by atoms with Crippen molar-refractivity contribution in [3.63, 3.8) is 0 Å². The number of piperazine rings is 1. The Morgan fingerprint density at radius 3 is 2.68 bits per heavy atom. The van der Waals surface area contributed by atoms with Gasteiger partial charge in [-0.1, -0.05) is 11.3 Å². The predicted octanol–water partition coefficient (Wildman–Crippen LogP) is 0.336. The van der Waals surface area contributed by atoms with Crippen molar-refractivity contribution in [2.75, 3.05) is 26.2 Å². The molecule has 1 aliphatic rings. The van der Waals surface area contributed by atoms with E-state index in [9.17, 15) is 9.59 Å². The molecule has 0 spiro atoms. The third kappa shape index (κ3) is 3.20. The highest BCUT2D eigenvalue weighted by molar-refractivity contribution is 7.19. The second kappa shape index (κ2) is 6.55. The highest BCUT2D eigenvalue weighted by Gasteiger charge is 2.27. The summed E-state index contributed by atoms with van der Waals surface area (Å²) in [4.78, 5) is 41.6. The van der Waals surface area contributed by atoms with Crippen molar-refractivity contribution in [1.82, 2.24) is 34.9 Å². The van der Waals surface area contributed by atoms with Gasteiger partial charge in [0.05, 0.1) is 6.42 Å². The van der Waals surface area contributed by atoms with Gasteiger partial charge < -0.3 is 9.80 Å². The summed E-state index contributed by atoms with van der Waals surface area (Å²) in [6.07, 6.45) is 3.26. The lowest BCUT2D eigenvalue weighted by atomic mass is 10.2. The van der Waals surface area contributed by atoms with E-state index in [1.807, 2.05) is 6.07 Å². The summed E-state index contributed by atoms with van der Waals surface area (Å²) < 4.78 is 0. The van der Waals surface area contributed by atoms with E-state index in [0.29, 0.717) is 37.0 Å². The number of hydrogen-bond acceptors (Lipinski definition) is 7. The highest BCUT2D eigenvalue weighted by atomic mass is 32.1. The van der Waals surface area contributed by atoms with Gasteiger partial charge in [-0.15, -0.1) is 0 Å². The van der Waals surface area contributed by atoms with Crippen LogP contribution in [-0.4, -0.2) is 72.9 Å². The number of rotatable bonds is 3. The molecule has 0 aliphatic carbocycles. The minimum atomic E-state index is -0.106. The minimum Gasteiger partial charge on any atom is -0.339 e. The van der Waals surface area contributed by atoms with Crippen molar-refractivity contribution < 1.29 is 9.59 Å². The largest absolute Gasteiger partial charge is 0.339 e.